The Labute approximate surface area is 79.1 Å². The number of carbonyl (C=O) groups excluding carboxylic acids is 1. The zero-order valence-electron chi connectivity index (χ0n) is 6.46. The summed E-state index contributed by atoms with van der Waals surface area (Å²) >= 11 is 3.36. The van der Waals surface area contributed by atoms with Crippen LogP contribution < -0.4 is 0 Å². The van der Waals surface area contributed by atoms with Crippen LogP contribution in [-0.2, 0) is 11.2 Å². The Balaban J connectivity index is 2.47. The van der Waals surface area contributed by atoms with E-state index in [1.165, 1.54) is 5.56 Å². The molecule has 2 rings (SSSR count). The lowest BCUT2D eigenvalue weighted by Crippen LogP contribution is -1.96. The summed E-state index contributed by atoms with van der Waals surface area (Å²) in [5.74, 6) is 0.0353. The second kappa shape index (κ2) is 2.98. The number of halogens is 1. The van der Waals surface area contributed by atoms with Gasteiger partial charge in [0.1, 0.15) is 6.29 Å². The van der Waals surface area contributed by atoms with Crippen LogP contribution in [0.25, 0.3) is 0 Å². The predicted molar refractivity (Wildman–Crippen MR) is 49.1 cm³/mol. The normalized spacial score (nSPS) is 20.6. The fraction of sp³-hybridized carbons (Fsp3) is 0.333. The number of pyridine rings is 1. The molecule has 0 amide bonds. The van der Waals surface area contributed by atoms with Crippen molar-refractivity contribution in [2.75, 3.05) is 0 Å². The Bertz CT molecular complexity index is 324. The summed E-state index contributed by atoms with van der Waals surface area (Å²) < 4.78 is 0.993. The molecule has 1 atom stereocenters. The van der Waals surface area contributed by atoms with Crippen LogP contribution in [0, 0.1) is 0 Å². The van der Waals surface area contributed by atoms with Gasteiger partial charge < -0.3 is 4.79 Å². The molecule has 0 fully saturated rings. The van der Waals surface area contributed by atoms with Crippen molar-refractivity contribution in [1.29, 1.82) is 0 Å². The third kappa shape index (κ3) is 1.18. The Hall–Kier alpha value is -0.700. The van der Waals surface area contributed by atoms with E-state index in [9.17, 15) is 4.79 Å². The summed E-state index contributed by atoms with van der Waals surface area (Å²) in [7, 11) is 0. The molecule has 1 aliphatic carbocycles. The zero-order chi connectivity index (χ0) is 8.55. The highest BCUT2D eigenvalue weighted by Gasteiger charge is 2.22. The largest absolute Gasteiger partial charge is 0.303 e. The summed E-state index contributed by atoms with van der Waals surface area (Å²) in [6.45, 7) is 0. The van der Waals surface area contributed by atoms with Crippen molar-refractivity contribution in [3.63, 3.8) is 0 Å². The monoisotopic (exact) mass is 225 g/mol. The Morgan fingerprint density at radius 3 is 3.25 bits per heavy atom. The van der Waals surface area contributed by atoms with Gasteiger partial charge in [0.05, 0.1) is 11.6 Å². The third-order valence-electron chi connectivity index (χ3n) is 2.21. The summed E-state index contributed by atoms with van der Waals surface area (Å²) in [5.41, 5.74) is 2.18. The summed E-state index contributed by atoms with van der Waals surface area (Å²) in [6, 6.07) is 2.05. The highest BCUT2D eigenvalue weighted by Crippen LogP contribution is 2.30. The van der Waals surface area contributed by atoms with Gasteiger partial charge in [-0.25, -0.2) is 0 Å². The van der Waals surface area contributed by atoms with Gasteiger partial charge in [-0.1, -0.05) is 0 Å². The second-order valence-electron chi connectivity index (χ2n) is 2.98. The maximum Gasteiger partial charge on any atom is 0.129 e. The zero-order valence-corrected chi connectivity index (χ0v) is 8.04. The van der Waals surface area contributed by atoms with Crippen LogP contribution in [0.3, 0.4) is 0 Å². The molecule has 12 heavy (non-hydrogen) atoms. The van der Waals surface area contributed by atoms with Crippen LogP contribution in [0.4, 0.5) is 0 Å². The molecule has 0 bridgehead atoms. The number of aldehydes is 1. The van der Waals surface area contributed by atoms with Crippen LogP contribution in [0.15, 0.2) is 16.7 Å². The molecule has 0 aliphatic heterocycles. The Morgan fingerprint density at radius 1 is 1.67 bits per heavy atom. The van der Waals surface area contributed by atoms with Gasteiger partial charge in [0.2, 0.25) is 0 Å². The SMILES string of the molecule is O=CC1CCc2cc(Br)cnc21. The lowest BCUT2D eigenvalue weighted by Gasteiger charge is -2.00. The topological polar surface area (TPSA) is 30.0 Å². The van der Waals surface area contributed by atoms with Crippen molar-refractivity contribution in [2.45, 2.75) is 18.8 Å². The standard InChI is InChI=1S/C9H8BrNO/c10-8-3-6-1-2-7(5-12)9(6)11-4-8/h3-5,7H,1-2H2. The summed E-state index contributed by atoms with van der Waals surface area (Å²) in [4.78, 5) is 14.8. The number of fused-ring (bicyclic) bond motifs is 1. The number of nitrogens with zero attached hydrogens (tertiary/aromatic N) is 1. The predicted octanol–water partition coefficient (Wildman–Crippen LogP) is 2.07. The van der Waals surface area contributed by atoms with Crippen LogP contribution in [0.1, 0.15) is 23.6 Å². The molecule has 0 N–H and O–H groups in total. The minimum Gasteiger partial charge on any atom is -0.303 e. The van der Waals surface area contributed by atoms with Gasteiger partial charge >= 0.3 is 0 Å². The molecule has 1 aromatic rings. The van der Waals surface area contributed by atoms with Crippen molar-refractivity contribution in [3.8, 4) is 0 Å². The fourth-order valence-electron chi connectivity index (χ4n) is 1.61. The van der Waals surface area contributed by atoms with Crippen LogP contribution in [0.2, 0.25) is 0 Å². The lowest BCUT2D eigenvalue weighted by molar-refractivity contribution is -0.109. The molecular formula is C9H8BrNO. The van der Waals surface area contributed by atoms with Gasteiger partial charge in [0, 0.05) is 10.7 Å². The average Bonchev–Trinajstić information content (AvgIpc) is 2.46. The summed E-state index contributed by atoms with van der Waals surface area (Å²) in [5, 5.41) is 0. The van der Waals surface area contributed by atoms with E-state index in [2.05, 4.69) is 20.9 Å². The Morgan fingerprint density at radius 2 is 2.50 bits per heavy atom. The minimum absolute atomic E-state index is 0.0353. The molecular weight excluding hydrogens is 218 g/mol. The van der Waals surface area contributed by atoms with Crippen molar-refractivity contribution in [3.05, 3.63) is 28.0 Å². The molecule has 1 unspecified atom stereocenters. The molecule has 0 saturated carbocycles. The quantitative estimate of drug-likeness (QED) is 0.686. The molecule has 1 aromatic heterocycles. The maximum atomic E-state index is 10.6. The van der Waals surface area contributed by atoms with Gasteiger partial charge in [0.15, 0.2) is 0 Å². The van der Waals surface area contributed by atoms with Crippen LogP contribution >= 0.6 is 15.9 Å². The van der Waals surface area contributed by atoms with Crippen LogP contribution in [0.5, 0.6) is 0 Å². The highest BCUT2D eigenvalue weighted by molar-refractivity contribution is 9.10. The van der Waals surface area contributed by atoms with E-state index < -0.39 is 0 Å². The molecule has 0 saturated heterocycles. The molecule has 0 aromatic carbocycles. The van der Waals surface area contributed by atoms with Gasteiger partial charge in [0.25, 0.3) is 0 Å². The van der Waals surface area contributed by atoms with E-state index in [0.29, 0.717) is 0 Å². The highest BCUT2D eigenvalue weighted by atomic mass is 79.9. The van der Waals surface area contributed by atoms with Crippen molar-refractivity contribution < 1.29 is 4.79 Å². The molecule has 3 heteroatoms. The van der Waals surface area contributed by atoms with E-state index in [1.54, 1.807) is 6.20 Å². The van der Waals surface area contributed by atoms with Gasteiger partial charge in [-0.2, -0.15) is 0 Å². The van der Waals surface area contributed by atoms with Crippen molar-refractivity contribution in [1.82, 2.24) is 4.98 Å². The summed E-state index contributed by atoms with van der Waals surface area (Å²) in [6.07, 6.45) is 4.64. The molecule has 2 nitrogen and oxygen atoms in total. The number of hydrogen-bond acceptors (Lipinski definition) is 2. The van der Waals surface area contributed by atoms with E-state index in [1.807, 2.05) is 6.07 Å². The van der Waals surface area contributed by atoms with Gasteiger partial charge in [-0.3, -0.25) is 4.98 Å². The third-order valence-corrected chi connectivity index (χ3v) is 2.64. The average molecular weight is 226 g/mol. The molecule has 62 valence electrons. The number of aromatic nitrogens is 1. The molecule has 1 aliphatic rings. The first-order chi connectivity index (χ1) is 5.81. The molecule has 0 radical (unpaired) electrons. The van der Waals surface area contributed by atoms with Crippen molar-refractivity contribution in [2.24, 2.45) is 0 Å². The van der Waals surface area contributed by atoms with E-state index in [4.69, 9.17) is 0 Å². The fourth-order valence-corrected chi connectivity index (χ4v) is 1.98. The van der Waals surface area contributed by atoms with Gasteiger partial charge in [-0.15, -0.1) is 0 Å². The second-order valence-corrected chi connectivity index (χ2v) is 3.89. The number of aryl methyl sites for hydroxylation is 1. The van der Waals surface area contributed by atoms with E-state index in [0.717, 1.165) is 29.3 Å². The van der Waals surface area contributed by atoms with Gasteiger partial charge in [-0.05, 0) is 40.4 Å². The minimum atomic E-state index is 0.0353. The molecule has 1 heterocycles. The van der Waals surface area contributed by atoms with Crippen molar-refractivity contribution >= 4 is 22.2 Å². The first-order valence-corrected chi connectivity index (χ1v) is 4.70. The van der Waals surface area contributed by atoms with E-state index >= 15 is 0 Å². The lowest BCUT2D eigenvalue weighted by atomic mass is 10.1. The number of hydrogen-bond donors (Lipinski definition) is 0. The smallest absolute Gasteiger partial charge is 0.129 e. The first kappa shape index (κ1) is 7.92. The maximum absolute atomic E-state index is 10.6. The Kier molecular flexibility index (Phi) is 1.97. The van der Waals surface area contributed by atoms with E-state index in [-0.39, 0.29) is 5.92 Å². The number of rotatable bonds is 1. The van der Waals surface area contributed by atoms with Crippen LogP contribution in [-0.4, -0.2) is 11.3 Å². The molecule has 0 spiro atoms. The number of carbonyl (C=O) groups is 1. The first-order valence-electron chi connectivity index (χ1n) is 3.91.